The summed E-state index contributed by atoms with van der Waals surface area (Å²) in [6, 6.07) is 7.59. The van der Waals surface area contributed by atoms with Crippen molar-refractivity contribution >= 4 is 20.1 Å². The molecule has 1 amide bonds. The molecule has 0 fully saturated rings. The summed E-state index contributed by atoms with van der Waals surface area (Å²) in [7, 11) is 1.92. The fourth-order valence-corrected chi connectivity index (χ4v) is 3.75. The van der Waals surface area contributed by atoms with Crippen LogP contribution in [0.4, 0.5) is 4.79 Å². The predicted octanol–water partition coefficient (Wildman–Crippen LogP) is 1.80. The fourth-order valence-electron chi connectivity index (χ4n) is 1.96. The monoisotopic (exact) mass is 327 g/mol. The van der Waals surface area contributed by atoms with E-state index in [1.807, 2.05) is 31.2 Å². The van der Waals surface area contributed by atoms with Crippen LogP contribution in [0.5, 0.6) is 0 Å². The molecule has 0 aliphatic heterocycles. The first-order valence-corrected chi connectivity index (χ1v) is 8.99. The van der Waals surface area contributed by atoms with Crippen molar-refractivity contribution in [3.8, 4) is 0 Å². The SMILES string of the molecule is CCCCOC(=O)NCc1ccc([Si](OC)(OC)OC)cc1. The topological polar surface area (TPSA) is 66.0 Å². The molecule has 1 aromatic rings. The average Bonchev–Trinajstić information content (AvgIpc) is 2.56. The molecular formula is C15H25NO5Si. The van der Waals surface area contributed by atoms with Gasteiger partial charge in [-0.25, -0.2) is 4.79 Å². The van der Waals surface area contributed by atoms with Gasteiger partial charge in [0.1, 0.15) is 0 Å². The summed E-state index contributed by atoms with van der Waals surface area (Å²) >= 11 is 0. The van der Waals surface area contributed by atoms with Crippen molar-refractivity contribution in [2.45, 2.75) is 26.3 Å². The predicted molar refractivity (Wildman–Crippen MR) is 86.0 cm³/mol. The van der Waals surface area contributed by atoms with Gasteiger partial charge < -0.3 is 23.3 Å². The highest BCUT2D eigenvalue weighted by molar-refractivity contribution is 6.75. The van der Waals surface area contributed by atoms with Gasteiger partial charge in [-0.2, -0.15) is 0 Å². The Kier molecular flexibility index (Phi) is 8.11. The minimum atomic E-state index is -2.80. The van der Waals surface area contributed by atoms with Crippen LogP contribution in [0.15, 0.2) is 24.3 Å². The molecule has 124 valence electrons. The lowest BCUT2D eigenvalue weighted by atomic mass is 10.2. The molecule has 6 nitrogen and oxygen atoms in total. The summed E-state index contributed by atoms with van der Waals surface area (Å²) < 4.78 is 21.3. The van der Waals surface area contributed by atoms with Gasteiger partial charge >= 0.3 is 14.9 Å². The van der Waals surface area contributed by atoms with Crippen LogP contribution < -0.4 is 10.5 Å². The molecule has 0 spiro atoms. The second-order valence-electron chi connectivity index (χ2n) is 4.71. The Morgan fingerprint density at radius 3 is 2.18 bits per heavy atom. The number of carbonyl (C=O) groups is 1. The number of rotatable bonds is 9. The van der Waals surface area contributed by atoms with Gasteiger partial charge in [0.15, 0.2) is 0 Å². The molecule has 0 aromatic heterocycles. The molecule has 1 aromatic carbocycles. The van der Waals surface area contributed by atoms with Crippen LogP contribution in [-0.4, -0.2) is 42.8 Å². The van der Waals surface area contributed by atoms with Crippen molar-refractivity contribution in [2.75, 3.05) is 27.9 Å². The van der Waals surface area contributed by atoms with E-state index in [4.69, 9.17) is 18.0 Å². The van der Waals surface area contributed by atoms with E-state index in [0.717, 1.165) is 23.6 Å². The number of nitrogens with one attached hydrogen (secondary N) is 1. The molecule has 0 bridgehead atoms. The lowest BCUT2D eigenvalue weighted by Gasteiger charge is -2.24. The summed E-state index contributed by atoms with van der Waals surface area (Å²) in [5.74, 6) is 0. The van der Waals surface area contributed by atoms with Gasteiger partial charge in [0.05, 0.1) is 6.61 Å². The second-order valence-corrected chi connectivity index (χ2v) is 7.62. The Hall–Kier alpha value is -1.41. The maximum atomic E-state index is 11.5. The van der Waals surface area contributed by atoms with Crippen molar-refractivity contribution in [1.29, 1.82) is 0 Å². The van der Waals surface area contributed by atoms with E-state index in [2.05, 4.69) is 5.32 Å². The van der Waals surface area contributed by atoms with Crippen LogP contribution >= 0.6 is 0 Å². The van der Waals surface area contributed by atoms with Crippen LogP contribution in [0.25, 0.3) is 0 Å². The van der Waals surface area contributed by atoms with Crippen LogP contribution in [0.1, 0.15) is 25.3 Å². The third-order valence-electron chi connectivity index (χ3n) is 3.28. The standard InChI is InChI=1S/C15H25NO5Si/c1-5-6-11-21-15(17)16-12-13-7-9-14(10-8-13)22(18-2,19-3)20-4/h7-10H,5-6,11-12H2,1-4H3,(H,16,17). The van der Waals surface area contributed by atoms with Crippen LogP contribution in [0, 0.1) is 0 Å². The third kappa shape index (κ3) is 5.10. The van der Waals surface area contributed by atoms with E-state index in [1.165, 1.54) is 0 Å². The van der Waals surface area contributed by atoms with Crippen LogP contribution in [0.3, 0.4) is 0 Å². The molecule has 22 heavy (non-hydrogen) atoms. The number of hydrogen-bond acceptors (Lipinski definition) is 5. The summed E-state index contributed by atoms with van der Waals surface area (Å²) in [6.07, 6.45) is 1.48. The van der Waals surface area contributed by atoms with Crippen molar-refractivity contribution in [3.63, 3.8) is 0 Å². The van der Waals surface area contributed by atoms with Gasteiger partial charge in [-0.1, -0.05) is 37.6 Å². The van der Waals surface area contributed by atoms with Gasteiger partial charge in [0.2, 0.25) is 0 Å². The molecule has 1 rings (SSSR count). The molecule has 1 N–H and O–H groups in total. The van der Waals surface area contributed by atoms with E-state index in [1.54, 1.807) is 21.3 Å². The highest BCUT2D eigenvalue weighted by Gasteiger charge is 2.40. The summed E-state index contributed by atoms with van der Waals surface area (Å²) in [6.45, 7) is 2.91. The Morgan fingerprint density at radius 1 is 1.09 bits per heavy atom. The Balaban J connectivity index is 2.56. The van der Waals surface area contributed by atoms with E-state index < -0.39 is 14.9 Å². The van der Waals surface area contributed by atoms with Crippen molar-refractivity contribution in [1.82, 2.24) is 5.32 Å². The molecule has 0 heterocycles. The first kappa shape index (κ1) is 18.6. The van der Waals surface area contributed by atoms with Crippen LogP contribution in [-0.2, 0) is 24.6 Å². The molecule has 0 aliphatic rings. The number of alkyl carbamates (subject to hydrolysis) is 1. The highest BCUT2D eigenvalue weighted by atomic mass is 28.4. The fraction of sp³-hybridized carbons (Fsp3) is 0.533. The molecule has 0 unspecified atom stereocenters. The van der Waals surface area contributed by atoms with E-state index in [9.17, 15) is 4.79 Å². The maximum absolute atomic E-state index is 11.5. The molecular weight excluding hydrogens is 302 g/mol. The lowest BCUT2D eigenvalue weighted by Crippen LogP contribution is -2.54. The van der Waals surface area contributed by atoms with E-state index >= 15 is 0 Å². The van der Waals surface area contributed by atoms with Gasteiger partial charge in [-0.3, -0.25) is 0 Å². The van der Waals surface area contributed by atoms with Crippen LogP contribution in [0.2, 0.25) is 0 Å². The minimum absolute atomic E-state index is 0.396. The zero-order chi connectivity index (χ0) is 16.4. The zero-order valence-corrected chi connectivity index (χ0v) is 14.7. The van der Waals surface area contributed by atoms with E-state index in [-0.39, 0.29) is 0 Å². The second kappa shape index (κ2) is 9.57. The third-order valence-corrected chi connectivity index (χ3v) is 5.93. The van der Waals surface area contributed by atoms with Gasteiger partial charge in [-0.05, 0) is 12.0 Å². The number of ether oxygens (including phenoxy) is 1. The number of carbonyl (C=O) groups excluding carboxylic acids is 1. The Labute approximate surface area is 133 Å². The van der Waals surface area contributed by atoms with Crippen molar-refractivity contribution in [2.24, 2.45) is 0 Å². The molecule has 0 radical (unpaired) electrons. The Bertz CT molecular complexity index is 439. The first-order valence-electron chi connectivity index (χ1n) is 7.27. The quantitative estimate of drug-likeness (QED) is 0.553. The molecule has 7 heteroatoms. The lowest BCUT2D eigenvalue weighted by molar-refractivity contribution is 0.140. The summed E-state index contributed by atoms with van der Waals surface area (Å²) in [4.78, 5) is 11.5. The maximum Gasteiger partial charge on any atom is 0.536 e. The van der Waals surface area contributed by atoms with E-state index in [0.29, 0.717) is 13.2 Å². The number of benzene rings is 1. The van der Waals surface area contributed by atoms with Gasteiger partial charge in [-0.15, -0.1) is 0 Å². The van der Waals surface area contributed by atoms with Gasteiger partial charge in [0.25, 0.3) is 0 Å². The number of unbranched alkanes of at least 4 members (excludes halogenated alkanes) is 1. The minimum Gasteiger partial charge on any atom is -0.450 e. The number of amides is 1. The molecule has 0 saturated heterocycles. The largest absolute Gasteiger partial charge is 0.536 e. The number of hydrogen-bond donors (Lipinski definition) is 1. The van der Waals surface area contributed by atoms with Crippen molar-refractivity contribution < 1.29 is 22.8 Å². The zero-order valence-electron chi connectivity index (χ0n) is 13.7. The first-order chi connectivity index (χ1) is 10.6. The molecule has 0 saturated carbocycles. The smallest absolute Gasteiger partial charge is 0.450 e. The Morgan fingerprint density at radius 2 is 1.68 bits per heavy atom. The van der Waals surface area contributed by atoms with Crippen molar-refractivity contribution in [3.05, 3.63) is 29.8 Å². The molecule has 0 aliphatic carbocycles. The highest BCUT2D eigenvalue weighted by Crippen LogP contribution is 2.08. The van der Waals surface area contributed by atoms with Gasteiger partial charge in [0, 0.05) is 33.1 Å². The summed E-state index contributed by atoms with van der Waals surface area (Å²) in [5, 5.41) is 3.58. The molecule has 0 atom stereocenters. The average molecular weight is 327 g/mol. The summed E-state index contributed by atoms with van der Waals surface area (Å²) in [5.41, 5.74) is 0.961. The normalized spacial score (nSPS) is 11.3.